The second-order valence-corrected chi connectivity index (χ2v) is 7.72. The van der Waals surface area contributed by atoms with Crippen molar-refractivity contribution in [3.05, 3.63) is 101 Å². The Morgan fingerprint density at radius 2 is 1.45 bits per heavy atom. The third kappa shape index (κ3) is 3.10. The van der Waals surface area contributed by atoms with E-state index in [4.69, 9.17) is 16.3 Å². The van der Waals surface area contributed by atoms with Gasteiger partial charge in [0, 0.05) is 21.6 Å². The highest BCUT2D eigenvalue weighted by Crippen LogP contribution is 2.52. The number of benzene rings is 3. The first-order chi connectivity index (χ1) is 14.1. The summed E-state index contributed by atoms with van der Waals surface area (Å²) in [5.41, 5.74) is 5.55. The van der Waals surface area contributed by atoms with Crippen LogP contribution in [0.1, 0.15) is 11.5 Å². The van der Waals surface area contributed by atoms with Crippen LogP contribution in [0.2, 0.25) is 0 Å². The highest BCUT2D eigenvalue weighted by Gasteiger charge is 2.44. The van der Waals surface area contributed by atoms with Crippen LogP contribution in [0.3, 0.4) is 0 Å². The number of hydrogen-bond acceptors (Lipinski definition) is 3. The van der Waals surface area contributed by atoms with Gasteiger partial charge in [0.15, 0.2) is 0 Å². The number of allylic oxidation sites excluding steroid dienone is 2. The van der Waals surface area contributed by atoms with Crippen LogP contribution in [0.25, 0.3) is 22.3 Å². The molecule has 0 saturated heterocycles. The number of ether oxygens (including phenoxy) is 1. The van der Waals surface area contributed by atoms with E-state index in [2.05, 4.69) is 24.3 Å². The Balaban J connectivity index is 1.74. The van der Waals surface area contributed by atoms with Crippen molar-refractivity contribution in [1.82, 2.24) is 0 Å². The van der Waals surface area contributed by atoms with Crippen molar-refractivity contribution in [2.75, 3.05) is 0 Å². The Morgan fingerprint density at radius 3 is 2.10 bits per heavy atom. The minimum absolute atomic E-state index is 0.264. The SMILES string of the molecule is OB(O)C1=CC=C(Cl)C2c3cc(-c4ccccc4)cc(-c4ccccc4)c3OC12. The fourth-order valence-corrected chi connectivity index (χ4v) is 4.46. The summed E-state index contributed by atoms with van der Waals surface area (Å²) in [5.74, 6) is 0.477. The molecule has 2 N–H and O–H groups in total. The number of halogens is 1. The van der Waals surface area contributed by atoms with Crippen LogP contribution in [0.15, 0.2) is 95.5 Å². The predicted molar refractivity (Wildman–Crippen MR) is 117 cm³/mol. The standard InChI is InChI=1S/C24H18BClO3/c26-21-12-11-20(25(27)28)24-22(21)19-14-17(15-7-3-1-4-8-15)13-18(23(19)29-24)16-9-5-2-6-10-16/h1-14,22,24,27-28H. The maximum Gasteiger partial charge on any atom is 0.487 e. The Labute approximate surface area is 174 Å². The van der Waals surface area contributed by atoms with E-state index in [1.807, 2.05) is 48.5 Å². The van der Waals surface area contributed by atoms with Gasteiger partial charge in [0.2, 0.25) is 0 Å². The summed E-state index contributed by atoms with van der Waals surface area (Å²) in [7, 11) is -1.59. The van der Waals surface area contributed by atoms with E-state index in [0.29, 0.717) is 10.5 Å². The van der Waals surface area contributed by atoms with Gasteiger partial charge >= 0.3 is 7.12 Å². The predicted octanol–water partition coefficient (Wildman–Crippen LogP) is 4.94. The first-order valence-electron chi connectivity index (χ1n) is 9.52. The Hall–Kier alpha value is -2.79. The van der Waals surface area contributed by atoms with Gasteiger partial charge in [-0.05, 0) is 34.9 Å². The number of rotatable bonds is 3. The molecule has 2 unspecified atom stereocenters. The molecule has 5 heteroatoms. The van der Waals surface area contributed by atoms with Crippen molar-refractivity contribution in [1.29, 1.82) is 0 Å². The molecule has 3 nitrogen and oxygen atoms in total. The van der Waals surface area contributed by atoms with Crippen LogP contribution in [0.5, 0.6) is 5.75 Å². The van der Waals surface area contributed by atoms with Crippen LogP contribution in [-0.2, 0) is 0 Å². The average molecular weight is 401 g/mol. The zero-order valence-corrected chi connectivity index (χ0v) is 16.3. The van der Waals surface area contributed by atoms with Crippen molar-refractivity contribution in [2.45, 2.75) is 12.0 Å². The second-order valence-electron chi connectivity index (χ2n) is 7.28. The van der Waals surface area contributed by atoms with E-state index in [1.165, 1.54) is 0 Å². The first kappa shape index (κ1) is 18.3. The second kappa shape index (κ2) is 7.23. The van der Waals surface area contributed by atoms with Crippen LogP contribution >= 0.6 is 11.6 Å². The van der Waals surface area contributed by atoms with Gasteiger partial charge < -0.3 is 14.8 Å². The molecule has 0 aromatic heterocycles. The summed E-state index contributed by atoms with van der Waals surface area (Å²) in [6.07, 6.45) is 2.84. The zero-order valence-electron chi connectivity index (χ0n) is 15.5. The largest absolute Gasteiger partial charge is 0.487 e. The lowest BCUT2D eigenvalue weighted by Crippen LogP contribution is -2.33. The lowest BCUT2D eigenvalue weighted by atomic mass is 9.69. The normalized spacial score (nSPS) is 19.6. The molecule has 0 spiro atoms. The summed E-state index contributed by atoms with van der Waals surface area (Å²) >= 11 is 6.59. The molecule has 2 atom stereocenters. The lowest BCUT2D eigenvalue weighted by Gasteiger charge is -2.24. The Bertz CT molecular complexity index is 1120. The molecule has 1 heterocycles. The van der Waals surface area contributed by atoms with Crippen LogP contribution in [0, 0.1) is 0 Å². The molecule has 0 saturated carbocycles. The third-order valence-electron chi connectivity index (χ3n) is 5.55. The van der Waals surface area contributed by atoms with Gasteiger partial charge in [-0.25, -0.2) is 0 Å². The molecule has 3 aromatic carbocycles. The van der Waals surface area contributed by atoms with Crippen molar-refractivity contribution < 1.29 is 14.8 Å². The molecule has 0 amide bonds. The molecule has 0 bridgehead atoms. The monoisotopic (exact) mass is 400 g/mol. The fourth-order valence-electron chi connectivity index (χ4n) is 4.16. The lowest BCUT2D eigenvalue weighted by molar-refractivity contribution is 0.253. The molecular weight excluding hydrogens is 383 g/mol. The molecule has 2 aliphatic rings. The van der Waals surface area contributed by atoms with Gasteiger partial charge in [-0.15, -0.1) is 0 Å². The summed E-state index contributed by atoms with van der Waals surface area (Å²) < 4.78 is 6.32. The van der Waals surface area contributed by atoms with Crippen LogP contribution < -0.4 is 4.74 Å². The van der Waals surface area contributed by atoms with Gasteiger partial charge in [0.1, 0.15) is 11.9 Å². The van der Waals surface area contributed by atoms with Crippen LogP contribution in [0.4, 0.5) is 0 Å². The van der Waals surface area contributed by atoms with E-state index < -0.39 is 13.2 Å². The highest BCUT2D eigenvalue weighted by atomic mass is 35.5. The zero-order chi connectivity index (χ0) is 20.0. The number of hydrogen-bond donors (Lipinski definition) is 2. The maximum absolute atomic E-state index is 9.84. The van der Waals surface area contributed by atoms with E-state index in [1.54, 1.807) is 12.2 Å². The van der Waals surface area contributed by atoms with Crippen molar-refractivity contribution in [2.24, 2.45) is 0 Å². The Kier molecular flexibility index (Phi) is 4.55. The van der Waals surface area contributed by atoms with Gasteiger partial charge in [-0.2, -0.15) is 0 Å². The molecule has 29 heavy (non-hydrogen) atoms. The van der Waals surface area contributed by atoms with Gasteiger partial charge in [-0.3, -0.25) is 0 Å². The third-order valence-corrected chi connectivity index (χ3v) is 5.91. The quantitative estimate of drug-likeness (QED) is 0.612. The molecule has 0 radical (unpaired) electrons. The summed E-state index contributed by atoms with van der Waals surface area (Å²) in [4.78, 5) is 0. The van der Waals surface area contributed by atoms with Crippen LogP contribution in [-0.4, -0.2) is 23.3 Å². The van der Waals surface area contributed by atoms with Crippen molar-refractivity contribution in [3.63, 3.8) is 0 Å². The first-order valence-corrected chi connectivity index (χ1v) is 9.90. The van der Waals surface area contributed by atoms with Gasteiger partial charge in [0.25, 0.3) is 0 Å². The molecule has 5 rings (SSSR count). The van der Waals surface area contributed by atoms with Crippen molar-refractivity contribution >= 4 is 18.7 Å². The van der Waals surface area contributed by atoms with Crippen molar-refractivity contribution in [3.8, 4) is 28.0 Å². The van der Waals surface area contributed by atoms with Gasteiger partial charge in [0.05, 0.1) is 5.92 Å². The summed E-state index contributed by atoms with van der Waals surface area (Å²) in [6, 6.07) is 24.5. The maximum atomic E-state index is 9.84. The molecular formula is C24H18BClO3. The topological polar surface area (TPSA) is 49.7 Å². The minimum Gasteiger partial charge on any atom is -0.485 e. The molecule has 0 fully saturated rings. The van der Waals surface area contributed by atoms with Gasteiger partial charge in [-0.1, -0.05) is 78.3 Å². The smallest absolute Gasteiger partial charge is 0.485 e. The van der Waals surface area contributed by atoms with E-state index >= 15 is 0 Å². The summed E-state index contributed by atoms with van der Waals surface area (Å²) in [6.45, 7) is 0. The highest BCUT2D eigenvalue weighted by molar-refractivity contribution is 6.51. The molecule has 1 aliphatic heterocycles. The minimum atomic E-state index is -1.59. The molecule has 142 valence electrons. The molecule has 3 aromatic rings. The van der Waals surface area contributed by atoms with E-state index in [-0.39, 0.29) is 5.92 Å². The summed E-state index contributed by atoms with van der Waals surface area (Å²) in [5, 5.41) is 20.3. The molecule has 1 aliphatic carbocycles. The van der Waals surface area contributed by atoms with E-state index in [9.17, 15) is 10.0 Å². The fraction of sp³-hybridized carbons (Fsp3) is 0.0833. The number of fused-ring (bicyclic) bond motifs is 3. The average Bonchev–Trinajstić information content (AvgIpc) is 3.14. The Morgan fingerprint density at radius 1 is 0.793 bits per heavy atom. The van der Waals surface area contributed by atoms with E-state index in [0.717, 1.165) is 33.6 Å².